The minimum atomic E-state index is -0.959. The van der Waals surface area contributed by atoms with Crippen LogP contribution in [0.3, 0.4) is 0 Å². The fourth-order valence-corrected chi connectivity index (χ4v) is 4.35. The van der Waals surface area contributed by atoms with Crippen LogP contribution in [0.25, 0.3) is 10.2 Å². The highest BCUT2D eigenvalue weighted by Crippen LogP contribution is 2.32. The van der Waals surface area contributed by atoms with Crippen LogP contribution >= 0.6 is 38.9 Å². The van der Waals surface area contributed by atoms with Crippen molar-refractivity contribution in [3.8, 4) is 5.75 Å². The zero-order chi connectivity index (χ0) is 20.5. The summed E-state index contributed by atoms with van der Waals surface area (Å²) in [7, 11) is 1.74. The SMILES string of the molecule is CN(Cc1cccc(Br)c1OCC(C)(C)O)C(=O)c1cc2ccc(Cl)nc2s1. The molecule has 0 radical (unpaired) electrons. The van der Waals surface area contributed by atoms with Gasteiger partial charge in [0.1, 0.15) is 22.3 Å². The van der Waals surface area contributed by atoms with Crippen LogP contribution in [0.4, 0.5) is 0 Å². The monoisotopic (exact) mass is 482 g/mol. The maximum absolute atomic E-state index is 12.9. The molecule has 1 amide bonds. The van der Waals surface area contributed by atoms with Gasteiger partial charge in [-0.15, -0.1) is 11.3 Å². The number of halogens is 2. The number of pyridine rings is 1. The molecule has 0 spiro atoms. The summed E-state index contributed by atoms with van der Waals surface area (Å²) in [4.78, 5) is 20.1. The number of aliphatic hydroxyl groups is 1. The van der Waals surface area contributed by atoms with Crippen LogP contribution in [0, 0.1) is 0 Å². The quantitative estimate of drug-likeness (QED) is 0.494. The number of thiophene rings is 1. The van der Waals surface area contributed by atoms with Gasteiger partial charge in [0.25, 0.3) is 5.91 Å². The number of aromatic nitrogens is 1. The van der Waals surface area contributed by atoms with Crippen LogP contribution in [0.1, 0.15) is 29.1 Å². The first kappa shape index (κ1) is 21.0. The Morgan fingerprint density at radius 3 is 2.82 bits per heavy atom. The van der Waals surface area contributed by atoms with Gasteiger partial charge < -0.3 is 14.7 Å². The highest BCUT2D eigenvalue weighted by atomic mass is 79.9. The van der Waals surface area contributed by atoms with Crippen LogP contribution in [-0.2, 0) is 6.54 Å². The molecule has 0 fully saturated rings. The van der Waals surface area contributed by atoms with E-state index in [-0.39, 0.29) is 12.5 Å². The van der Waals surface area contributed by atoms with E-state index in [0.717, 1.165) is 20.3 Å². The van der Waals surface area contributed by atoms with Gasteiger partial charge in [-0.2, -0.15) is 0 Å². The molecule has 8 heteroatoms. The Morgan fingerprint density at radius 1 is 1.36 bits per heavy atom. The van der Waals surface area contributed by atoms with Crippen molar-refractivity contribution in [3.63, 3.8) is 0 Å². The Kier molecular flexibility index (Phi) is 6.29. The van der Waals surface area contributed by atoms with Crippen molar-refractivity contribution in [2.24, 2.45) is 0 Å². The molecule has 2 aromatic heterocycles. The van der Waals surface area contributed by atoms with Crippen LogP contribution in [0.2, 0.25) is 5.15 Å². The molecule has 0 aliphatic carbocycles. The van der Waals surface area contributed by atoms with E-state index in [0.29, 0.717) is 22.3 Å². The van der Waals surface area contributed by atoms with Gasteiger partial charge in [0, 0.05) is 24.5 Å². The molecular weight excluding hydrogens is 464 g/mol. The maximum Gasteiger partial charge on any atom is 0.264 e. The van der Waals surface area contributed by atoms with E-state index in [1.807, 2.05) is 30.3 Å². The number of benzene rings is 1. The van der Waals surface area contributed by atoms with Crippen molar-refractivity contribution in [1.82, 2.24) is 9.88 Å². The average Bonchev–Trinajstić information content (AvgIpc) is 3.02. The lowest BCUT2D eigenvalue weighted by molar-refractivity contribution is 0.0276. The smallest absolute Gasteiger partial charge is 0.264 e. The predicted molar refractivity (Wildman–Crippen MR) is 116 cm³/mol. The van der Waals surface area contributed by atoms with Gasteiger partial charge in [-0.3, -0.25) is 4.79 Å². The zero-order valence-corrected chi connectivity index (χ0v) is 18.9. The van der Waals surface area contributed by atoms with Crippen LogP contribution < -0.4 is 4.74 Å². The first-order valence-corrected chi connectivity index (χ1v) is 10.6. The van der Waals surface area contributed by atoms with Gasteiger partial charge >= 0.3 is 0 Å². The molecule has 3 aromatic rings. The summed E-state index contributed by atoms with van der Waals surface area (Å²) < 4.78 is 6.60. The predicted octanol–water partition coefficient (Wildman–Crippen LogP) is 5.13. The third kappa shape index (κ3) is 5.03. The number of rotatable bonds is 6. The minimum absolute atomic E-state index is 0.104. The molecule has 0 bridgehead atoms. The summed E-state index contributed by atoms with van der Waals surface area (Å²) >= 11 is 10.7. The standard InChI is InChI=1S/C20H20BrClN2O3S/c1-20(2,26)11-27-17-13(5-4-6-14(17)21)10-24(3)19(25)15-9-12-7-8-16(22)23-18(12)28-15/h4-9,26H,10-11H2,1-3H3. The lowest BCUT2D eigenvalue weighted by atomic mass is 10.1. The number of ether oxygens (including phenoxy) is 1. The minimum Gasteiger partial charge on any atom is -0.489 e. The fourth-order valence-electron chi connectivity index (χ4n) is 2.60. The number of nitrogens with zero attached hydrogens (tertiary/aromatic N) is 2. The average molecular weight is 484 g/mol. The molecule has 0 aliphatic heterocycles. The first-order chi connectivity index (χ1) is 13.1. The van der Waals surface area contributed by atoms with E-state index in [9.17, 15) is 9.90 Å². The summed E-state index contributed by atoms with van der Waals surface area (Å²) in [5.41, 5.74) is -0.114. The van der Waals surface area contributed by atoms with E-state index in [4.69, 9.17) is 16.3 Å². The lowest BCUT2D eigenvalue weighted by Gasteiger charge is -2.22. The summed E-state index contributed by atoms with van der Waals surface area (Å²) in [5, 5.41) is 11.2. The Labute approximate surface area is 181 Å². The van der Waals surface area contributed by atoms with E-state index >= 15 is 0 Å². The Bertz CT molecular complexity index is 1020. The first-order valence-electron chi connectivity index (χ1n) is 8.58. The third-order valence-electron chi connectivity index (χ3n) is 3.93. The normalized spacial score (nSPS) is 11.6. The van der Waals surface area contributed by atoms with E-state index in [1.165, 1.54) is 11.3 Å². The summed E-state index contributed by atoms with van der Waals surface area (Å²) in [6, 6.07) is 11.1. The Hall–Kier alpha value is -1.67. The number of carbonyl (C=O) groups excluding carboxylic acids is 1. The molecule has 0 saturated carbocycles. The molecule has 2 heterocycles. The van der Waals surface area contributed by atoms with Gasteiger partial charge in [-0.25, -0.2) is 4.98 Å². The molecule has 3 rings (SSSR count). The van der Waals surface area contributed by atoms with Crippen molar-refractivity contribution < 1.29 is 14.6 Å². The number of fused-ring (bicyclic) bond motifs is 1. The van der Waals surface area contributed by atoms with Crippen molar-refractivity contribution in [1.29, 1.82) is 0 Å². The molecule has 0 aliphatic rings. The summed E-state index contributed by atoms with van der Waals surface area (Å²) in [6.45, 7) is 3.87. The van der Waals surface area contributed by atoms with Crippen LogP contribution in [0.5, 0.6) is 5.75 Å². The molecule has 28 heavy (non-hydrogen) atoms. The lowest BCUT2D eigenvalue weighted by Crippen LogP contribution is -2.29. The van der Waals surface area contributed by atoms with Gasteiger partial charge in [0.2, 0.25) is 0 Å². The van der Waals surface area contributed by atoms with E-state index in [2.05, 4.69) is 20.9 Å². The van der Waals surface area contributed by atoms with Gasteiger partial charge in [0.15, 0.2) is 0 Å². The second-order valence-corrected chi connectivity index (χ2v) is 9.40. The maximum atomic E-state index is 12.9. The molecule has 1 aromatic carbocycles. The second kappa shape index (κ2) is 8.37. The van der Waals surface area contributed by atoms with Gasteiger partial charge in [-0.05, 0) is 54.0 Å². The van der Waals surface area contributed by atoms with Gasteiger partial charge in [-0.1, -0.05) is 23.7 Å². The van der Waals surface area contributed by atoms with Gasteiger partial charge in [0.05, 0.1) is 15.0 Å². The highest BCUT2D eigenvalue weighted by molar-refractivity contribution is 9.10. The highest BCUT2D eigenvalue weighted by Gasteiger charge is 2.20. The molecule has 1 N–H and O–H groups in total. The molecule has 0 atom stereocenters. The summed E-state index contributed by atoms with van der Waals surface area (Å²) in [5.74, 6) is 0.515. The molecule has 148 valence electrons. The second-order valence-electron chi connectivity index (χ2n) is 7.13. The number of hydrogen-bond acceptors (Lipinski definition) is 5. The summed E-state index contributed by atoms with van der Waals surface area (Å²) in [6.07, 6.45) is 0. The molecule has 0 unspecified atom stereocenters. The van der Waals surface area contributed by atoms with Crippen LogP contribution in [0.15, 0.2) is 40.9 Å². The van der Waals surface area contributed by atoms with Crippen molar-refractivity contribution >= 4 is 55.0 Å². The Balaban J connectivity index is 1.80. The molecular formula is C20H20BrClN2O3S. The van der Waals surface area contributed by atoms with Crippen molar-refractivity contribution in [2.75, 3.05) is 13.7 Å². The topological polar surface area (TPSA) is 62.7 Å². The zero-order valence-electron chi connectivity index (χ0n) is 15.7. The molecule has 5 nitrogen and oxygen atoms in total. The number of hydrogen-bond donors (Lipinski definition) is 1. The number of para-hydroxylation sites is 1. The number of carbonyl (C=O) groups is 1. The number of amides is 1. The van der Waals surface area contributed by atoms with E-state index < -0.39 is 5.60 Å². The van der Waals surface area contributed by atoms with Crippen molar-refractivity contribution in [3.05, 3.63) is 56.5 Å². The Morgan fingerprint density at radius 2 is 2.11 bits per heavy atom. The molecule has 0 saturated heterocycles. The van der Waals surface area contributed by atoms with E-state index in [1.54, 1.807) is 31.9 Å². The van der Waals surface area contributed by atoms with Crippen molar-refractivity contribution in [2.45, 2.75) is 26.0 Å². The largest absolute Gasteiger partial charge is 0.489 e. The third-order valence-corrected chi connectivity index (χ3v) is 5.80. The fraction of sp³-hybridized carbons (Fsp3) is 0.300. The van der Waals surface area contributed by atoms with Crippen LogP contribution in [-0.4, -0.2) is 40.2 Å².